The van der Waals surface area contributed by atoms with Crippen molar-refractivity contribution in [1.29, 1.82) is 5.26 Å². The molecular formula is C20H23F2N. The zero-order chi connectivity index (χ0) is 20.0. The highest BCUT2D eigenvalue weighted by molar-refractivity contribution is 5.36. The highest BCUT2D eigenvalue weighted by Crippen LogP contribution is 2.48. The summed E-state index contributed by atoms with van der Waals surface area (Å²) in [6, 6.07) is 3.91. The summed E-state index contributed by atoms with van der Waals surface area (Å²) in [5, 5.41) is 8.82. The number of benzene rings is 1. The van der Waals surface area contributed by atoms with Crippen molar-refractivity contribution in [3.63, 3.8) is 0 Å². The molecule has 2 aliphatic carbocycles. The molecule has 4 unspecified atom stereocenters. The molecule has 0 radical (unpaired) electrons. The molecule has 0 heterocycles. The highest BCUT2D eigenvalue weighted by Gasteiger charge is 2.35. The molecule has 3 rings (SSSR count). The van der Waals surface area contributed by atoms with Crippen molar-refractivity contribution < 1.29 is 14.3 Å². The topological polar surface area (TPSA) is 23.8 Å². The number of nitriles is 1. The minimum atomic E-state index is -1.67. The van der Waals surface area contributed by atoms with E-state index in [-0.39, 0.29) is 24.2 Å². The summed E-state index contributed by atoms with van der Waals surface area (Å²) in [5.74, 6) is -3.16. The quantitative estimate of drug-likeness (QED) is 0.640. The molecule has 4 atom stereocenters. The van der Waals surface area contributed by atoms with Crippen LogP contribution in [0.3, 0.4) is 0 Å². The fourth-order valence-corrected chi connectivity index (χ4v) is 3.83. The van der Waals surface area contributed by atoms with Crippen molar-refractivity contribution in [3.05, 3.63) is 47.0 Å². The molecule has 0 spiro atoms. The number of fused-ring (bicyclic) bond motifs is 1. The van der Waals surface area contributed by atoms with E-state index in [2.05, 4.69) is 0 Å². The zero-order valence-electron chi connectivity index (χ0n) is 17.2. The Kier molecular flexibility index (Phi) is 3.50. The van der Waals surface area contributed by atoms with Gasteiger partial charge in [0.25, 0.3) is 0 Å². The molecule has 0 saturated heterocycles. The van der Waals surface area contributed by atoms with Crippen molar-refractivity contribution in [2.45, 2.75) is 51.3 Å². The Morgan fingerprint density at radius 3 is 2.61 bits per heavy atom. The minimum absolute atomic E-state index is 0.159. The molecule has 0 bridgehead atoms. The second kappa shape index (κ2) is 6.83. The maximum Gasteiger partial charge on any atom is 0.144 e. The predicted molar refractivity (Wildman–Crippen MR) is 86.8 cm³/mol. The van der Waals surface area contributed by atoms with Gasteiger partial charge in [-0.3, -0.25) is 0 Å². The van der Waals surface area contributed by atoms with Gasteiger partial charge in [-0.15, -0.1) is 0 Å². The van der Waals surface area contributed by atoms with Gasteiger partial charge in [-0.25, -0.2) is 8.78 Å². The van der Waals surface area contributed by atoms with Gasteiger partial charge in [0.1, 0.15) is 23.3 Å². The van der Waals surface area contributed by atoms with E-state index >= 15 is 0 Å². The lowest BCUT2D eigenvalue weighted by molar-refractivity contribution is 0.133. The van der Waals surface area contributed by atoms with Crippen molar-refractivity contribution >= 4 is 0 Å². The van der Waals surface area contributed by atoms with E-state index in [1.807, 2.05) is 0 Å². The fraction of sp³-hybridized carbons (Fsp3) is 0.550. The number of nitrogens with zero attached hydrogens (tertiary/aromatic N) is 1. The van der Waals surface area contributed by atoms with Gasteiger partial charge in [0, 0.05) is 5.48 Å². The monoisotopic (exact) mass is 319 g/mol. The van der Waals surface area contributed by atoms with Crippen LogP contribution in [0.1, 0.15) is 67.9 Å². The lowest BCUT2D eigenvalue weighted by atomic mass is 9.64. The highest BCUT2D eigenvalue weighted by atomic mass is 19.1. The number of hydrogen-bond acceptors (Lipinski definition) is 1. The van der Waals surface area contributed by atoms with Gasteiger partial charge in [0.2, 0.25) is 0 Å². The van der Waals surface area contributed by atoms with Crippen molar-refractivity contribution in [1.82, 2.24) is 0 Å². The van der Waals surface area contributed by atoms with Crippen LogP contribution in [-0.2, 0) is 0 Å². The minimum Gasteiger partial charge on any atom is -0.205 e. The standard InChI is InChI=1S/C20H23F2N/c1-2-3-13-4-5-15-9-16(7-6-14(15)8-13)17-10-19(21)18(12-23)20(22)11-17/h2-3,10-11,13-16H,4-9H2,1H3/i4D2,8D2. The molecule has 2 aliphatic rings. The second-order valence-corrected chi connectivity index (χ2v) is 6.43. The van der Waals surface area contributed by atoms with Gasteiger partial charge < -0.3 is 0 Å². The Hall–Kier alpha value is -1.69. The molecule has 0 aromatic heterocycles. The summed E-state index contributed by atoms with van der Waals surface area (Å²) < 4.78 is 61.9. The predicted octanol–water partition coefficient (Wildman–Crippen LogP) is 5.71. The molecule has 1 aromatic rings. The zero-order valence-corrected chi connectivity index (χ0v) is 13.2. The SMILES string of the molecule is [2H]C1([2H])CC2CC(c3cc(F)c(C#N)c(F)c3)CCC2C([2H])([2H])C1C=CC. The molecule has 0 N–H and O–H groups in total. The van der Waals surface area contributed by atoms with E-state index in [1.165, 1.54) is 18.2 Å². The number of halogens is 2. The van der Waals surface area contributed by atoms with Crippen LogP contribution in [0.5, 0.6) is 0 Å². The summed E-state index contributed by atoms with van der Waals surface area (Å²) >= 11 is 0. The van der Waals surface area contributed by atoms with Crippen molar-refractivity contribution in [3.8, 4) is 6.07 Å². The van der Waals surface area contributed by atoms with Crippen LogP contribution in [-0.4, -0.2) is 0 Å². The lowest BCUT2D eigenvalue weighted by Gasteiger charge is -2.41. The molecule has 2 fully saturated rings. The number of allylic oxidation sites excluding steroid dienone is 2. The Balaban J connectivity index is 1.88. The first-order chi connectivity index (χ1) is 12.6. The first kappa shape index (κ1) is 11.8. The summed E-state index contributed by atoms with van der Waals surface area (Å²) in [6.07, 6.45) is 1.89. The van der Waals surface area contributed by atoms with E-state index in [9.17, 15) is 8.78 Å². The Bertz CT molecular complexity index is 777. The fourth-order valence-electron chi connectivity index (χ4n) is 3.83. The van der Waals surface area contributed by atoms with E-state index < -0.39 is 35.9 Å². The molecule has 2 saturated carbocycles. The third kappa shape index (κ3) is 3.32. The summed E-state index contributed by atoms with van der Waals surface area (Å²) in [5.41, 5.74) is -0.119. The average molecular weight is 319 g/mol. The van der Waals surface area contributed by atoms with Crippen LogP contribution in [0, 0.1) is 40.7 Å². The third-order valence-corrected chi connectivity index (χ3v) is 5.01. The molecule has 3 heteroatoms. The third-order valence-electron chi connectivity index (χ3n) is 5.01. The molecule has 1 aromatic carbocycles. The molecule has 0 amide bonds. The van der Waals surface area contributed by atoms with Crippen molar-refractivity contribution in [2.75, 3.05) is 0 Å². The van der Waals surface area contributed by atoms with E-state index in [1.54, 1.807) is 19.1 Å². The van der Waals surface area contributed by atoms with Crippen LogP contribution in [0.25, 0.3) is 0 Å². The lowest BCUT2D eigenvalue weighted by Crippen LogP contribution is -2.30. The van der Waals surface area contributed by atoms with E-state index in [0.717, 1.165) is 0 Å². The molecule has 1 nitrogen and oxygen atoms in total. The van der Waals surface area contributed by atoms with Crippen LogP contribution in [0.4, 0.5) is 8.78 Å². The van der Waals surface area contributed by atoms with E-state index in [0.29, 0.717) is 24.8 Å². The van der Waals surface area contributed by atoms with Gasteiger partial charge >= 0.3 is 0 Å². The largest absolute Gasteiger partial charge is 0.205 e. The van der Waals surface area contributed by atoms with Crippen LogP contribution in [0.2, 0.25) is 0 Å². The first-order valence-electron chi connectivity index (χ1n) is 10.1. The normalized spacial score (nSPS) is 37.8. The maximum absolute atomic E-state index is 14.0. The Morgan fingerprint density at radius 2 is 1.96 bits per heavy atom. The molecule has 122 valence electrons. The van der Waals surface area contributed by atoms with Gasteiger partial charge in [0.15, 0.2) is 0 Å². The van der Waals surface area contributed by atoms with Crippen molar-refractivity contribution in [2.24, 2.45) is 17.8 Å². The molecule has 23 heavy (non-hydrogen) atoms. The molecular weight excluding hydrogens is 292 g/mol. The Labute approximate surface area is 142 Å². The Morgan fingerprint density at radius 1 is 1.22 bits per heavy atom. The van der Waals surface area contributed by atoms with Gasteiger partial charge in [-0.2, -0.15) is 5.26 Å². The summed E-state index contributed by atoms with van der Waals surface area (Å²) in [4.78, 5) is 0. The van der Waals surface area contributed by atoms with Crippen LogP contribution < -0.4 is 0 Å². The second-order valence-electron chi connectivity index (χ2n) is 6.43. The van der Waals surface area contributed by atoms with Gasteiger partial charge in [0.05, 0.1) is 0 Å². The summed E-state index contributed by atoms with van der Waals surface area (Å²) in [6.45, 7) is 1.77. The summed E-state index contributed by atoms with van der Waals surface area (Å²) in [7, 11) is 0. The van der Waals surface area contributed by atoms with Gasteiger partial charge in [-0.05, 0) is 86.7 Å². The van der Waals surface area contributed by atoms with Gasteiger partial charge in [-0.1, -0.05) is 12.2 Å². The maximum atomic E-state index is 14.0. The average Bonchev–Trinajstić information content (AvgIpc) is 2.57. The number of hydrogen-bond donors (Lipinski definition) is 0. The first-order valence-corrected chi connectivity index (χ1v) is 8.13. The van der Waals surface area contributed by atoms with Crippen LogP contribution >= 0.6 is 0 Å². The molecule has 0 aliphatic heterocycles. The number of rotatable bonds is 2. The smallest absolute Gasteiger partial charge is 0.144 e. The van der Waals surface area contributed by atoms with E-state index in [4.69, 9.17) is 10.7 Å². The van der Waals surface area contributed by atoms with Crippen LogP contribution in [0.15, 0.2) is 24.3 Å².